The van der Waals surface area contributed by atoms with E-state index in [1.54, 1.807) is 0 Å². The van der Waals surface area contributed by atoms with Crippen molar-refractivity contribution in [1.29, 1.82) is 0 Å². The van der Waals surface area contributed by atoms with Crippen molar-refractivity contribution in [2.45, 2.75) is 23.2 Å². The van der Waals surface area contributed by atoms with Gasteiger partial charge in [-0.05, 0) is 0 Å². The van der Waals surface area contributed by atoms with Gasteiger partial charge in [0.2, 0.25) is 0 Å². The molecule has 1 aliphatic heterocycles. The third-order valence-corrected chi connectivity index (χ3v) is 3.68. The summed E-state index contributed by atoms with van der Waals surface area (Å²) >= 11 is 0.489. The molecule has 2 N–H and O–H groups in total. The predicted octanol–water partition coefficient (Wildman–Crippen LogP) is -0.489. The van der Waals surface area contributed by atoms with Gasteiger partial charge < -0.3 is 0 Å². The van der Waals surface area contributed by atoms with E-state index in [-0.39, 0.29) is 6.04 Å². The molecular weight excluding hydrogens is 185 g/mol. The van der Waals surface area contributed by atoms with E-state index in [0.29, 0.717) is 19.9 Å². The van der Waals surface area contributed by atoms with Crippen LogP contribution < -0.4 is 5.32 Å². The molecule has 1 fully saturated rings. The first-order valence-corrected chi connectivity index (χ1v) is 5.00. The van der Waals surface area contributed by atoms with Crippen LogP contribution in [0.2, 0.25) is 5.32 Å². The molecule has 4 heteroatoms. The van der Waals surface area contributed by atoms with Gasteiger partial charge in [-0.1, -0.05) is 0 Å². The molecule has 0 spiro atoms. The average molecular weight is 194 g/mol. The minimum atomic E-state index is -0.707. The normalized spacial score (nSPS) is 34.8. The van der Waals surface area contributed by atoms with E-state index >= 15 is 0 Å². The summed E-state index contributed by atoms with van der Waals surface area (Å²) in [6, 6.07) is -0.264. The number of aliphatic carboxylic acids is 1. The zero-order valence-electron chi connectivity index (χ0n) is 5.13. The number of hydrogen-bond acceptors (Lipinski definition) is 2. The van der Waals surface area contributed by atoms with Gasteiger partial charge in [-0.25, -0.2) is 0 Å². The maximum absolute atomic E-state index is 10.3. The summed E-state index contributed by atoms with van der Waals surface area (Å²) in [5.41, 5.74) is 0. The Morgan fingerprint density at radius 1 is 1.89 bits per heavy atom. The fourth-order valence-electron chi connectivity index (χ4n) is 0.763. The summed E-state index contributed by atoms with van der Waals surface area (Å²) < 4.78 is 0. The number of carboxylic acid groups (broad SMARTS) is 1. The second kappa shape index (κ2) is 2.69. The number of carbonyl (C=O) groups is 1. The van der Waals surface area contributed by atoms with Gasteiger partial charge in [0, 0.05) is 0 Å². The van der Waals surface area contributed by atoms with Gasteiger partial charge in [0.15, 0.2) is 0 Å². The van der Waals surface area contributed by atoms with Crippen LogP contribution in [0, 0.1) is 0 Å². The van der Waals surface area contributed by atoms with Crippen molar-refractivity contribution in [3.05, 3.63) is 0 Å². The molecule has 0 unspecified atom stereocenters. The van der Waals surface area contributed by atoms with Gasteiger partial charge in [0.25, 0.3) is 0 Å². The second-order valence-electron chi connectivity index (χ2n) is 2.03. The van der Waals surface area contributed by atoms with Gasteiger partial charge in [-0.2, -0.15) is 0 Å². The maximum atomic E-state index is 10.3. The average Bonchev–Trinajstić information content (AvgIpc) is 2.14. The molecule has 2 atom stereocenters. The Labute approximate surface area is 60.0 Å². The summed E-state index contributed by atoms with van der Waals surface area (Å²) in [7, 11) is 0. The van der Waals surface area contributed by atoms with Crippen LogP contribution in [-0.2, 0) is 4.79 Å². The van der Waals surface area contributed by atoms with E-state index in [2.05, 4.69) is 5.32 Å². The molecule has 1 rings (SSSR count). The fraction of sp³-hybridized carbons (Fsp3) is 0.800. The van der Waals surface area contributed by atoms with E-state index in [9.17, 15) is 4.79 Å². The van der Waals surface area contributed by atoms with Gasteiger partial charge in [0.1, 0.15) is 0 Å². The molecule has 3 nitrogen and oxygen atoms in total. The Morgan fingerprint density at radius 2 is 2.56 bits per heavy atom. The number of carboxylic acids is 1. The molecule has 0 bridgehead atoms. The van der Waals surface area contributed by atoms with Crippen molar-refractivity contribution in [2.24, 2.45) is 0 Å². The molecule has 0 aromatic heterocycles. The third-order valence-electron chi connectivity index (χ3n) is 1.25. The Balaban J connectivity index is 2.39. The van der Waals surface area contributed by atoms with Crippen molar-refractivity contribution >= 4 is 20.9 Å². The zero-order chi connectivity index (χ0) is 6.85. The predicted molar refractivity (Wildman–Crippen MR) is 34.6 cm³/mol. The molecule has 1 heterocycles. The Kier molecular flexibility index (Phi) is 2.11. The van der Waals surface area contributed by atoms with Crippen LogP contribution in [0.4, 0.5) is 0 Å². The van der Waals surface area contributed by atoms with Crippen molar-refractivity contribution in [3.8, 4) is 0 Å². The first kappa shape index (κ1) is 7.06. The molecule has 0 aromatic rings. The zero-order valence-corrected chi connectivity index (χ0v) is 6.84. The van der Waals surface area contributed by atoms with Crippen molar-refractivity contribution < 1.29 is 9.90 Å². The van der Waals surface area contributed by atoms with Gasteiger partial charge >= 0.3 is 59.4 Å². The van der Waals surface area contributed by atoms with Crippen LogP contribution >= 0.6 is 0 Å². The molecule has 0 radical (unpaired) electrons. The summed E-state index contributed by atoms with van der Waals surface area (Å²) in [4.78, 5) is 10.7. The van der Waals surface area contributed by atoms with Crippen LogP contribution in [0.25, 0.3) is 0 Å². The number of nitrogens with one attached hydrogen (secondary N) is 1. The van der Waals surface area contributed by atoms with Gasteiger partial charge in [0.05, 0.1) is 0 Å². The molecule has 9 heavy (non-hydrogen) atoms. The van der Waals surface area contributed by atoms with Gasteiger partial charge in [-0.3, -0.25) is 0 Å². The summed E-state index contributed by atoms with van der Waals surface area (Å²) in [5.74, 6) is -0.707. The number of rotatable bonds is 1. The van der Waals surface area contributed by atoms with E-state index in [1.807, 2.05) is 6.92 Å². The molecule has 0 aliphatic carbocycles. The molecule has 1 saturated heterocycles. The molecular formula is C5H9NO2Se. The van der Waals surface area contributed by atoms with Crippen molar-refractivity contribution in [2.75, 3.05) is 0 Å². The fourth-order valence-corrected chi connectivity index (χ4v) is 2.82. The molecule has 52 valence electrons. The monoisotopic (exact) mass is 195 g/mol. The Hall–Kier alpha value is -0.0505. The molecule has 0 saturated carbocycles. The topological polar surface area (TPSA) is 49.3 Å². The quantitative estimate of drug-likeness (QED) is 0.554. The van der Waals surface area contributed by atoms with Crippen LogP contribution in [0.3, 0.4) is 0 Å². The van der Waals surface area contributed by atoms with E-state index in [1.165, 1.54) is 0 Å². The first-order valence-electron chi connectivity index (χ1n) is 2.80. The standard InChI is InChI=1S/C5H9NO2Se/c1-3-6-4(2-9-3)5(7)8/h3-4,6H,2H2,1H3,(H,7,8)/t3-,4-/m0/s1. The second-order valence-corrected chi connectivity index (χ2v) is 4.92. The van der Waals surface area contributed by atoms with Crippen LogP contribution in [0.15, 0.2) is 0 Å². The van der Waals surface area contributed by atoms with Crippen molar-refractivity contribution in [3.63, 3.8) is 0 Å². The van der Waals surface area contributed by atoms with Gasteiger partial charge in [-0.15, -0.1) is 0 Å². The minimum absolute atomic E-state index is 0.264. The number of hydrogen-bond donors (Lipinski definition) is 2. The van der Waals surface area contributed by atoms with Crippen LogP contribution in [-0.4, -0.2) is 37.0 Å². The van der Waals surface area contributed by atoms with Crippen LogP contribution in [0.1, 0.15) is 6.92 Å². The third kappa shape index (κ3) is 1.68. The Morgan fingerprint density at radius 3 is 2.78 bits per heavy atom. The van der Waals surface area contributed by atoms with Crippen molar-refractivity contribution in [1.82, 2.24) is 5.32 Å². The molecule has 0 amide bonds. The summed E-state index contributed by atoms with van der Waals surface area (Å²) in [5, 5.41) is 12.3. The van der Waals surface area contributed by atoms with E-state index in [4.69, 9.17) is 5.11 Å². The summed E-state index contributed by atoms with van der Waals surface area (Å²) in [6.45, 7) is 2.03. The molecule has 0 aromatic carbocycles. The SMILES string of the molecule is C[C@H]1N[C@H](C(=O)O)C[Se]1. The molecule has 1 aliphatic rings. The van der Waals surface area contributed by atoms with Crippen LogP contribution in [0.5, 0.6) is 0 Å². The first-order chi connectivity index (χ1) is 4.20. The van der Waals surface area contributed by atoms with E-state index in [0.717, 1.165) is 5.32 Å². The summed E-state index contributed by atoms with van der Waals surface area (Å²) in [6.07, 6.45) is 0. The van der Waals surface area contributed by atoms with E-state index < -0.39 is 5.97 Å². The Bertz CT molecular complexity index is 128.